The molecule has 3 aromatic rings. The van der Waals surface area contributed by atoms with Gasteiger partial charge in [-0.1, -0.05) is 45.8 Å². The van der Waals surface area contributed by atoms with E-state index in [1.54, 1.807) is 18.2 Å². The first-order valence-corrected chi connectivity index (χ1v) is 10.1. The fraction of sp³-hybridized carbons (Fsp3) is 0.136. The molecule has 1 N–H and O–H groups in total. The molecule has 0 heterocycles. The number of nitrogens with one attached hydrogen (secondary N) is 1. The summed E-state index contributed by atoms with van der Waals surface area (Å²) in [6, 6.07) is 15.3. The van der Waals surface area contributed by atoms with Crippen LogP contribution in [0, 0.1) is 17.0 Å². The second kappa shape index (κ2) is 9.82. The van der Waals surface area contributed by atoms with Gasteiger partial charge in [-0.2, -0.15) is 18.3 Å². The number of nitrogens with zero attached hydrogens (tertiary/aromatic N) is 2. The van der Waals surface area contributed by atoms with Gasteiger partial charge in [0, 0.05) is 16.1 Å². The first kappa shape index (κ1) is 23.3. The normalized spacial score (nSPS) is 11.5. The number of rotatable bonds is 7. The molecule has 32 heavy (non-hydrogen) atoms. The Hall–Kier alpha value is -3.40. The quantitative estimate of drug-likeness (QED) is 0.219. The number of nitro benzene ring substituents is 1. The Kier molecular flexibility index (Phi) is 7.14. The Morgan fingerprint density at radius 2 is 1.84 bits per heavy atom. The van der Waals surface area contributed by atoms with Gasteiger partial charge in [-0.3, -0.25) is 15.5 Å². The molecule has 0 atom stereocenters. The zero-order valence-corrected chi connectivity index (χ0v) is 18.3. The Morgan fingerprint density at radius 3 is 2.50 bits per heavy atom. The minimum Gasteiger partial charge on any atom is -0.488 e. The number of ether oxygens (including phenoxy) is 1. The van der Waals surface area contributed by atoms with Crippen molar-refractivity contribution in [1.82, 2.24) is 0 Å². The van der Waals surface area contributed by atoms with Crippen LogP contribution in [0.5, 0.6) is 5.75 Å². The summed E-state index contributed by atoms with van der Waals surface area (Å²) in [6.07, 6.45) is -3.32. The van der Waals surface area contributed by atoms with Crippen molar-refractivity contribution < 1.29 is 22.8 Å². The maximum Gasteiger partial charge on any atom is 0.416 e. The van der Waals surface area contributed by atoms with Crippen molar-refractivity contribution in [2.75, 3.05) is 5.43 Å². The Balaban J connectivity index is 1.78. The zero-order chi connectivity index (χ0) is 23.3. The molecule has 0 amide bonds. The predicted octanol–water partition coefficient (Wildman–Crippen LogP) is 6.71. The molecule has 6 nitrogen and oxygen atoms in total. The van der Waals surface area contributed by atoms with E-state index in [-0.39, 0.29) is 5.69 Å². The highest BCUT2D eigenvalue weighted by molar-refractivity contribution is 9.10. The highest BCUT2D eigenvalue weighted by Crippen LogP contribution is 2.35. The van der Waals surface area contributed by atoms with Gasteiger partial charge in [0.1, 0.15) is 18.0 Å². The second-order valence-electron chi connectivity index (χ2n) is 6.81. The first-order chi connectivity index (χ1) is 15.1. The van der Waals surface area contributed by atoms with Crippen LogP contribution in [0.4, 0.5) is 24.5 Å². The third-order valence-corrected chi connectivity index (χ3v) is 4.89. The van der Waals surface area contributed by atoms with Crippen LogP contribution in [0.25, 0.3) is 0 Å². The highest BCUT2D eigenvalue weighted by atomic mass is 79.9. The summed E-state index contributed by atoms with van der Waals surface area (Å²) < 4.78 is 45.1. The molecule has 0 radical (unpaired) electrons. The summed E-state index contributed by atoms with van der Waals surface area (Å²) in [6.45, 7) is 2.31. The number of benzene rings is 3. The molecule has 3 aromatic carbocycles. The average Bonchev–Trinajstić information content (AvgIpc) is 2.73. The molecule has 0 fully saturated rings. The lowest BCUT2D eigenvalue weighted by Gasteiger charge is -2.10. The van der Waals surface area contributed by atoms with Crippen molar-refractivity contribution in [3.05, 3.63) is 97.5 Å². The first-order valence-electron chi connectivity index (χ1n) is 9.26. The summed E-state index contributed by atoms with van der Waals surface area (Å²) >= 11 is 3.36. The van der Waals surface area contributed by atoms with E-state index in [2.05, 4.69) is 26.5 Å². The minimum absolute atomic E-state index is 0.170. The van der Waals surface area contributed by atoms with E-state index >= 15 is 0 Å². The maximum atomic E-state index is 12.8. The molecule has 0 unspecified atom stereocenters. The van der Waals surface area contributed by atoms with Gasteiger partial charge in [-0.05, 0) is 42.8 Å². The monoisotopic (exact) mass is 507 g/mol. The van der Waals surface area contributed by atoms with Crippen LogP contribution in [-0.2, 0) is 12.8 Å². The summed E-state index contributed by atoms with van der Waals surface area (Å²) in [7, 11) is 0. The lowest BCUT2D eigenvalue weighted by Crippen LogP contribution is -2.06. The van der Waals surface area contributed by atoms with Gasteiger partial charge in [0.2, 0.25) is 0 Å². The third-order valence-electron chi connectivity index (χ3n) is 4.40. The molecule has 0 aliphatic heterocycles. The van der Waals surface area contributed by atoms with Crippen LogP contribution in [0.2, 0.25) is 0 Å². The lowest BCUT2D eigenvalue weighted by molar-refractivity contribution is -0.384. The van der Waals surface area contributed by atoms with Crippen LogP contribution >= 0.6 is 15.9 Å². The molecule has 0 aliphatic carbocycles. The Bertz CT molecular complexity index is 1150. The fourth-order valence-corrected chi connectivity index (χ4v) is 3.10. The van der Waals surface area contributed by atoms with Crippen LogP contribution in [0.15, 0.2) is 70.2 Å². The number of hydrogen-bond donors (Lipinski definition) is 1. The van der Waals surface area contributed by atoms with E-state index in [1.165, 1.54) is 6.21 Å². The van der Waals surface area contributed by atoms with Crippen LogP contribution < -0.4 is 10.2 Å². The van der Waals surface area contributed by atoms with Crippen LogP contribution in [0.3, 0.4) is 0 Å². The number of halogens is 4. The van der Waals surface area contributed by atoms with Gasteiger partial charge in [0.25, 0.3) is 5.69 Å². The van der Waals surface area contributed by atoms with Gasteiger partial charge < -0.3 is 4.74 Å². The minimum atomic E-state index is -4.69. The highest BCUT2D eigenvalue weighted by Gasteiger charge is 2.33. The van der Waals surface area contributed by atoms with Gasteiger partial charge in [-0.15, -0.1) is 0 Å². The number of anilines is 1. The molecule has 0 spiro atoms. The van der Waals surface area contributed by atoms with Crippen molar-refractivity contribution in [2.24, 2.45) is 5.10 Å². The van der Waals surface area contributed by atoms with Crippen molar-refractivity contribution in [3.8, 4) is 5.75 Å². The topological polar surface area (TPSA) is 76.8 Å². The zero-order valence-electron chi connectivity index (χ0n) is 16.7. The molecule has 0 bridgehead atoms. The van der Waals surface area contributed by atoms with Gasteiger partial charge in [-0.25, -0.2) is 0 Å². The van der Waals surface area contributed by atoms with Crippen molar-refractivity contribution >= 4 is 33.5 Å². The van der Waals surface area contributed by atoms with Gasteiger partial charge in [0.15, 0.2) is 0 Å². The Morgan fingerprint density at radius 1 is 1.12 bits per heavy atom. The van der Waals surface area contributed by atoms with E-state index in [1.807, 2.05) is 31.2 Å². The third kappa shape index (κ3) is 6.07. The molecule has 3 rings (SSSR count). The number of nitro groups is 1. The summed E-state index contributed by atoms with van der Waals surface area (Å²) in [5.74, 6) is 0.515. The van der Waals surface area contributed by atoms with E-state index in [4.69, 9.17) is 4.74 Å². The maximum absolute atomic E-state index is 12.8. The van der Waals surface area contributed by atoms with Gasteiger partial charge in [0.05, 0.1) is 16.7 Å². The van der Waals surface area contributed by atoms with Gasteiger partial charge >= 0.3 is 6.18 Å². The molecule has 0 aliphatic rings. The van der Waals surface area contributed by atoms with E-state index in [0.29, 0.717) is 24.0 Å². The van der Waals surface area contributed by atoms with E-state index in [0.717, 1.165) is 27.7 Å². The summed E-state index contributed by atoms with van der Waals surface area (Å²) in [4.78, 5) is 10.3. The van der Waals surface area contributed by atoms with Crippen molar-refractivity contribution in [1.29, 1.82) is 0 Å². The molecular weight excluding hydrogens is 491 g/mol. The molecule has 0 aromatic heterocycles. The largest absolute Gasteiger partial charge is 0.488 e. The molecule has 10 heteroatoms. The number of alkyl halides is 3. The molecule has 0 saturated carbocycles. The van der Waals surface area contributed by atoms with Crippen molar-refractivity contribution in [2.45, 2.75) is 19.7 Å². The molecule has 0 saturated heterocycles. The van der Waals surface area contributed by atoms with Crippen molar-refractivity contribution in [3.63, 3.8) is 0 Å². The van der Waals surface area contributed by atoms with E-state index in [9.17, 15) is 23.3 Å². The Labute approximate surface area is 190 Å². The molecular formula is C22H17BrF3N3O3. The van der Waals surface area contributed by atoms with E-state index < -0.39 is 22.4 Å². The molecule has 166 valence electrons. The standard InChI is InChI=1S/C22H17BrF3N3O3/c1-14-2-4-15(5-3-14)13-32-21-9-7-18(23)10-16(21)12-27-28-19-8-6-17(22(24,25)26)11-20(19)29(30)31/h2-12,28H,13H2,1H3/b27-12-. The summed E-state index contributed by atoms with van der Waals surface area (Å²) in [5, 5.41) is 15.1. The number of hydrogen-bond acceptors (Lipinski definition) is 5. The number of aryl methyl sites for hydroxylation is 1. The number of hydrazone groups is 1. The SMILES string of the molecule is Cc1ccc(COc2ccc(Br)cc2/C=N\Nc2ccc(C(F)(F)F)cc2[N+](=O)[O-])cc1. The van der Waals surface area contributed by atoms with Crippen LogP contribution in [-0.4, -0.2) is 11.1 Å². The summed E-state index contributed by atoms with van der Waals surface area (Å²) in [5.41, 5.74) is 3.09. The predicted molar refractivity (Wildman–Crippen MR) is 119 cm³/mol. The second-order valence-corrected chi connectivity index (χ2v) is 7.73. The lowest BCUT2D eigenvalue weighted by atomic mass is 10.1. The average molecular weight is 508 g/mol. The smallest absolute Gasteiger partial charge is 0.416 e. The fourth-order valence-electron chi connectivity index (χ4n) is 2.72. The van der Waals surface area contributed by atoms with Crippen LogP contribution in [0.1, 0.15) is 22.3 Å².